The number of hydrogen-bond donors (Lipinski definition) is 1. The van der Waals surface area contributed by atoms with E-state index in [-0.39, 0.29) is 12.1 Å². The maximum absolute atomic E-state index is 13.2. The molecule has 1 amide bonds. The molecule has 5 nitrogen and oxygen atoms in total. The monoisotopic (exact) mass is 430 g/mol. The Morgan fingerprint density at radius 1 is 1.06 bits per heavy atom. The van der Waals surface area contributed by atoms with Crippen LogP contribution in [0.15, 0.2) is 79.0 Å². The average molecular weight is 431 g/mol. The SMILES string of the molecule is C[C@@H](c1ccc(-c2ccccn2)cc1)N1CCC(CC(C)(C)O)(c2ccccc2)OC1=O. The van der Waals surface area contributed by atoms with Crippen molar-refractivity contribution in [2.24, 2.45) is 0 Å². The first kappa shape index (κ1) is 22.0. The zero-order chi connectivity index (χ0) is 22.8. The molecule has 4 rings (SSSR count). The molecule has 0 aliphatic carbocycles. The van der Waals surface area contributed by atoms with Crippen LogP contribution in [0.3, 0.4) is 0 Å². The van der Waals surface area contributed by atoms with Crippen LogP contribution in [0.25, 0.3) is 11.3 Å². The minimum absolute atomic E-state index is 0.129. The Morgan fingerprint density at radius 3 is 2.34 bits per heavy atom. The molecule has 1 aromatic heterocycles. The summed E-state index contributed by atoms with van der Waals surface area (Å²) in [7, 11) is 0. The number of benzene rings is 2. The number of cyclic esters (lactones) is 1. The number of hydrogen-bond acceptors (Lipinski definition) is 4. The van der Waals surface area contributed by atoms with Crippen molar-refractivity contribution in [3.63, 3.8) is 0 Å². The summed E-state index contributed by atoms with van der Waals surface area (Å²) < 4.78 is 6.10. The molecule has 3 aromatic rings. The van der Waals surface area contributed by atoms with Gasteiger partial charge < -0.3 is 14.7 Å². The first-order chi connectivity index (χ1) is 15.3. The molecule has 0 bridgehead atoms. The van der Waals surface area contributed by atoms with Gasteiger partial charge in [-0.1, -0.05) is 60.7 Å². The fraction of sp³-hybridized carbons (Fsp3) is 0.333. The Hall–Kier alpha value is -3.18. The van der Waals surface area contributed by atoms with Gasteiger partial charge in [0, 0.05) is 31.1 Å². The van der Waals surface area contributed by atoms with E-state index in [1.54, 1.807) is 24.9 Å². The summed E-state index contributed by atoms with van der Waals surface area (Å²) in [5.41, 5.74) is 2.11. The lowest BCUT2D eigenvalue weighted by Crippen LogP contribution is -2.51. The second kappa shape index (κ2) is 8.75. The van der Waals surface area contributed by atoms with Crippen molar-refractivity contribution in [1.29, 1.82) is 0 Å². The summed E-state index contributed by atoms with van der Waals surface area (Å²) in [5.74, 6) is 0. The van der Waals surface area contributed by atoms with Gasteiger partial charge in [-0.3, -0.25) is 4.98 Å². The number of pyridine rings is 1. The highest BCUT2D eigenvalue weighted by Gasteiger charge is 2.46. The minimum atomic E-state index is -0.967. The number of aromatic nitrogens is 1. The molecule has 1 aliphatic rings. The zero-order valence-corrected chi connectivity index (χ0v) is 18.9. The lowest BCUT2D eigenvalue weighted by Gasteiger charge is -2.45. The quantitative estimate of drug-likeness (QED) is 0.544. The van der Waals surface area contributed by atoms with Crippen LogP contribution in [-0.2, 0) is 10.3 Å². The third-order valence-electron chi connectivity index (χ3n) is 6.11. The molecular weight excluding hydrogens is 400 g/mol. The van der Waals surface area contributed by atoms with Crippen LogP contribution in [0.1, 0.15) is 50.8 Å². The van der Waals surface area contributed by atoms with Gasteiger partial charge >= 0.3 is 6.09 Å². The first-order valence-corrected chi connectivity index (χ1v) is 11.1. The Morgan fingerprint density at radius 2 is 1.75 bits per heavy atom. The Bertz CT molecular complexity index is 1050. The van der Waals surface area contributed by atoms with Crippen LogP contribution in [0.5, 0.6) is 0 Å². The standard InChI is InChI=1S/C27H30N2O3/c1-20(21-12-14-22(15-13-21)24-11-7-8-17-28-24)29-18-16-27(32-25(29)30,19-26(2,3)31)23-9-5-4-6-10-23/h4-15,17,20,31H,16,18-19H2,1-3H3/t20-,27?/m0/s1. The molecule has 1 aliphatic heterocycles. The minimum Gasteiger partial charge on any atom is -0.438 e. The van der Waals surface area contributed by atoms with Crippen molar-refractivity contribution < 1.29 is 14.6 Å². The third kappa shape index (κ3) is 4.68. The van der Waals surface area contributed by atoms with Crippen LogP contribution in [-0.4, -0.2) is 33.2 Å². The number of amides is 1. The number of nitrogens with zero attached hydrogens (tertiary/aromatic N) is 2. The number of ether oxygens (including phenoxy) is 1. The summed E-state index contributed by atoms with van der Waals surface area (Å²) in [6, 6.07) is 23.6. The van der Waals surface area contributed by atoms with Crippen LogP contribution in [0.2, 0.25) is 0 Å². The van der Waals surface area contributed by atoms with Crippen molar-refractivity contribution in [1.82, 2.24) is 9.88 Å². The van der Waals surface area contributed by atoms with E-state index in [2.05, 4.69) is 4.98 Å². The van der Waals surface area contributed by atoms with E-state index < -0.39 is 11.2 Å². The second-order valence-corrected chi connectivity index (χ2v) is 9.17. The molecule has 1 fully saturated rings. The summed E-state index contributed by atoms with van der Waals surface area (Å²) in [5, 5.41) is 10.5. The number of carbonyl (C=O) groups excluding carboxylic acids is 1. The van der Waals surface area contributed by atoms with Gasteiger partial charge in [-0.2, -0.15) is 0 Å². The molecule has 2 aromatic carbocycles. The normalized spacial score (nSPS) is 20.0. The van der Waals surface area contributed by atoms with Crippen LogP contribution < -0.4 is 0 Å². The van der Waals surface area contributed by atoms with Gasteiger partial charge in [-0.15, -0.1) is 0 Å². The Kier molecular flexibility index (Phi) is 6.02. The van der Waals surface area contributed by atoms with E-state index >= 15 is 0 Å². The fourth-order valence-electron chi connectivity index (χ4n) is 4.54. The largest absolute Gasteiger partial charge is 0.438 e. The van der Waals surface area contributed by atoms with Gasteiger partial charge in [0.05, 0.1) is 17.3 Å². The summed E-state index contributed by atoms with van der Waals surface area (Å²) in [4.78, 5) is 19.3. The maximum Gasteiger partial charge on any atom is 0.411 e. The van der Waals surface area contributed by atoms with Crippen molar-refractivity contribution in [3.05, 3.63) is 90.1 Å². The van der Waals surface area contributed by atoms with Gasteiger partial charge in [0.2, 0.25) is 0 Å². The molecule has 5 heteroatoms. The molecule has 32 heavy (non-hydrogen) atoms. The van der Waals surface area contributed by atoms with Gasteiger partial charge in [0.1, 0.15) is 5.60 Å². The number of aliphatic hydroxyl groups is 1. The first-order valence-electron chi connectivity index (χ1n) is 11.1. The fourth-order valence-corrected chi connectivity index (χ4v) is 4.54. The highest BCUT2D eigenvalue weighted by atomic mass is 16.6. The lowest BCUT2D eigenvalue weighted by molar-refractivity contribution is -0.101. The van der Waals surface area contributed by atoms with E-state index in [9.17, 15) is 9.90 Å². The second-order valence-electron chi connectivity index (χ2n) is 9.17. The smallest absolute Gasteiger partial charge is 0.411 e. The molecule has 2 heterocycles. The number of rotatable bonds is 6. The topological polar surface area (TPSA) is 62.7 Å². The maximum atomic E-state index is 13.2. The molecule has 0 radical (unpaired) electrons. The van der Waals surface area contributed by atoms with Crippen molar-refractivity contribution >= 4 is 6.09 Å². The molecule has 1 saturated heterocycles. The van der Waals surface area contributed by atoms with Crippen LogP contribution in [0, 0.1) is 0 Å². The van der Waals surface area contributed by atoms with E-state index in [1.165, 1.54) is 0 Å². The molecule has 166 valence electrons. The molecule has 0 spiro atoms. The number of carbonyl (C=O) groups is 1. The molecule has 1 N–H and O–H groups in total. The molecule has 2 atom stereocenters. The predicted molar refractivity (Wildman–Crippen MR) is 125 cm³/mol. The molecular formula is C27H30N2O3. The zero-order valence-electron chi connectivity index (χ0n) is 18.9. The molecule has 1 unspecified atom stereocenters. The van der Waals surface area contributed by atoms with Crippen molar-refractivity contribution in [2.45, 2.75) is 50.9 Å². The van der Waals surface area contributed by atoms with Crippen molar-refractivity contribution in [2.75, 3.05) is 6.54 Å². The van der Waals surface area contributed by atoms with E-state index in [0.717, 1.165) is 22.4 Å². The predicted octanol–water partition coefficient (Wildman–Crippen LogP) is 5.71. The van der Waals surface area contributed by atoms with E-state index in [4.69, 9.17) is 4.74 Å². The van der Waals surface area contributed by atoms with Gasteiger partial charge in [-0.25, -0.2) is 4.79 Å². The Balaban J connectivity index is 1.54. The highest BCUT2D eigenvalue weighted by molar-refractivity contribution is 5.70. The molecule has 0 saturated carbocycles. The summed E-state index contributed by atoms with van der Waals surface area (Å²) in [6.07, 6.45) is 2.38. The average Bonchev–Trinajstić information content (AvgIpc) is 2.79. The van der Waals surface area contributed by atoms with Gasteiger partial charge in [0.15, 0.2) is 0 Å². The van der Waals surface area contributed by atoms with E-state index in [1.807, 2.05) is 79.7 Å². The Labute approximate surface area is 189 Å². The summed E-state index contributed by atoms with van der Waals surface area (Å²) >= 11 is 0. The lowest BCUT2D eigenvalue weighted by atomic mass is 9.80. The highest BCUT2D eigenvalue weighted by Crippen LogP contribution is 2.42. The van der Waals surface area contributed by atoms with Gasteiger partial charge in [-0.05, 0) is 44.0 Å². The van der Waals surface area contributed by atoms with Crippen molar-refractivity contribution in [3.8, 4) is 11.3 Å². The third-order valence-corrected chi connectivity index (χ3v) is 6.11. The summed E-state index contributed by atoms with van der Waals surface area (Å²) in [6.45, 7) is 6.07. The van der Waals surface area contributed by atoms with E-state index in [0.29, 0.717) is 19.4 Å². The van der Waals surface area contributed by atoms with Crippen LogP contribution >= 0.6 is 0 Å². The van der Waals surface area contributed by atoms with Crippen LogP contribution in [0.4, 0.5) is 4.79 Å². The van der Waals surface area contributed by atoms with Gasteiger partial charge in [0.25, 0.3) is 0 Å².